The molecule has 0 saturated heterocycles. The molecule has 0 aliphatic heterocycles. The highest BCUT2D eigenvalue weighted by molar-refractivity contribution is 5.88. The molecule has 0 atom stereocenters. The highest BCUT2D eigenvalue weighted by atomic mass is 19.1. The predicted molar refractivity (Wildman–Crippen MR) is 92.9 cm³/mol. The van der Waals surface area contributed by atoms with Crippen molar-refractivity contribution in [2.75, 3.05) is 6.54 Å². The molecule has 24 heavy (non-hydrogen) atoms. The Labute approximate surface area is 142 Å². The van der Waals surface area contributed by atoms with Gasteiger partial charge in [-0.15, -0.1) is 0 Å². The summed E-state index contributed by atoms with van der Waals surface area (Å²) in [6.45, 7) is 0.296. The molecule has 1 fully saturated rings. The van der Waals surface area contributed by atoms with Gasteiger partial charge in [0.1, 0.15) is 5.82 Å². The fraction of sp³-hybridized carbons (Fsp3) is 0.286. The van der Waals surface area contributed by atoms with Gasteiger partial charge in [0, 0.05) is 5.56 Å². The summed E-state index contributed by atoms with van der Waals surface area (Å²) in [7, 11) is 0. The van der Waals surface area contributed by atoms with Crippen molar-refractivity contribution in [2.24, 2.45) is 0 Å². The van der Waals surface area contributed by atoms with Gasteiger partial charge in [0.2, 0.25) is 5.91 Å². The summed E-state index contributed by atoms with van der Waals surface area (Å²) in [6.07, 6.45) is 3.49. The van der Waals surface area contributed by atoms with Crippen molar-refractivity contribution in [3.05, 3.63) is 71.5 Å². The molecule has 1 amide bonds. The molecule has 3 rings (SSSR count). The van der Waals surface area contributed by atoms with E-state index < -0.39 is 5.41 Å². The molecular formula is C21H20FNO. The van der Waals surface area contributed by atoms with Crippen LogP contribution >= 0.6 is 0 Å². The van der Waals surface area contributed by atoms with Crippen LogP contribution in [-0.4, -0.2) is 12.5 Å². The quantitative estimate of drug-likeness (QED) is 0.856. The number of halogens is 1. The largest absolute Gasteiger partial charge is 0.344 e. The zero-order chi connectivity index (χ0) is 16.8. The minimum Gasteiger partial charge on any atom is -0.344 e. The SMILES string of the molecule is O=C(NCC#Cc1ccccc1)C1(c2cccc(F)c2)CCCC1. The maximum absolute atomic E-state index is 13.6. The molecule has 1 saturated carbocycles. The standard InChI is InChI=1S/C21H20FNO/c22-19-12-6-11-18(16-19)21(13-4-5-14-21)20(24)23-15-7-10-17-8-2-1-3-9-17/h1-3,6,8-9,11-12,16H,4-5,13-15H2,(H,23,24). The van der Waals surface area contributed by atoms with Crippen molar-refractivity contribution in [3.8, 4) is 11.8 Å². The van der Waals surface area contributed by atoms with Gasteiger partial charge in [0.15, 0.2) is 0 Å². The van der Waals surface area contributed by atoms with Crippen molar-refractivity contribution in [1.29, 1.82) is 0 Å². The molecule has 1 aliphatic carbocycles. The summed E-state index contributed by atoms with van der Waals surface area (Å²) in [4.78, 5) is 12.8. The van der Waals surface area contributed by atoms with Gasteiger partial charge in [0.25, 0.3) is 0 Å². The molecule has 3 heteroatoms. The molecule has 0 unspecified atom stereocenters. The summed E-state index contributed by atoms with van der Waals surface area (Å²) in [6, 6.07) is 16.1. The van der Waals surface area contributed by atoms with Crippen LogP contribution in [0, 0.1) is 17.7 Å². The lowest BCUT2D eigenvalue weighted by Crippen LogP contribution is -2.42. The van der Waals surface area contributed by atoms with Crippen LogP contribution in [0.15, 0.2) is 54.6 Å². The van der Waals surface area contributed by atoms with Crippen LogP contribution < -0.4 is 5.32 Å². The lowest BCUT2D eigenvalue weighted by molar-refractivity contribution is -0.126. The van der Waals surface area contributed by atoms with Crippen molar-refractivity contribution in [2.45, 2.75) is 31.1 Å². The average Bonchev–Trinajstić information content (AvgIpc) is 3.11. The van der Waals surface area contributed by atoms with Gasteiger partial charge in [0.05, 0.1) is 12.0 Å². The van der Waals surface area contributed by atoms with E-state index in [1.54, 1.807) is 6.07 Å². The zero-order valence-electron chi connectivity index (χ0n) is 13.5. The third-order valence-corrected chi connectivity index (χ3v) is 4.61. The molecule has 1 N–H and O–H groups in total. The van der Waals surface area contributed by atoms with Gasteiger partial charge in [-0.3, -0.25) is 4.79 Å². The van der Waals surface area contributed by atoms with Gasteiger partial charge in [-0.1, -0.05) is 55.0 Å². The number of rotatable bonds is 3. The van der Waals surface area contributed by atoms with E-state index in [0.717, 1.165) is 36.8 Å². The first-order valence-corrected chi connectivity index (χ1v) is 8.29. The van der Waals surface area contributed by atoms with E-state index in [9.17, 15) is 9.18 Å². The Morgan fingerprint density at radius 1 is 1.08 bits per heavy atom. The second-order valence-electron chi connectivity index (χ2n) is 6.15. The van der Waals surface area contributed by atoms with E-state index in [1.807, 2.05) is 36.4 Å². The van der Waals surface area contributed by atoms with Crippen LogP contribution in [0.25, 0.3) is 0 Å². The van der Waals surface area contributed by atoms with E-state index in [-0.39, 0.29) is 11.7 Å². The van der Waals surface area contributed by atoms with Gasteiger partial charge in [-0.25, -0.2) is 4.39 Å². The normalized spacial score (nSPS) is 15.4. The third-order valence-electron chi connectivity index (χ3n) is 4.61. The minimum atomic E-state index is -0.615. The van der Waals surface area contributed by atoms with Gasteiger partial charge < -0.3 is 5.32 Å². The van der Waals surface area contributed by atoms with Gasteiger partial charge >= 0.3 is 0 Å². The minimum absolute atomic E-state index is 0.0482. The van der Waals surface area contributed by atoms with Crippen molar-refractivity contribution >= 4 is 5.91 Å². The van der Waals surface area contributed by atoms with E-state index in [4.69, 9.17) is 0 Å². The first kappa shape index (κ1) is 16.3. The number of hydrogen-bond acceptors (Lipinski definition) is 1. The number of nitrogens with one attached hydrogen (secondary N) is 1. The number of amides is 1. The lowest BCUT2D eigenvalue weighted by atomic mass is 9.78. The first-order chi connectivity index (χ1) is 11.7. The van der Waals surface area contributed by atoms with Gasteiger partial charge in [-0.05, 0) is 42.7 Å². The van der Waals surface area contributed by atoms with Crippen LogP contribution in [0.3, 0.4) is 0 Å². The van der Waals surface area contributed by atoms with Crippen LogP contribution in [0.4, 0.5) is 4.39 Å². The van der Waals surface area contributed by atoms with Gasteiger partial charge in [-0.2, -0.15) is 0 Å². The highest BCUT2D eigenvalue weighted by Crippen LogP contribution is 2.41. The highest BCUT2D eigenvalue weighted by Gasteiger charge is 2.42. The molecule has 0 radical (unpaired) electrons. The van der Waals surface area contributed by atoms with Crippen molar-refractivity contribution < 1.29 is 9.18 Å². The molecular weight excluding hydrogens is 301 g/mol. The van der Waals surface area contributed by atoms with E-state index in [0.29, 0.717) is 6.54 Å². The van der Waals surface area contributed by atoms with E-state index in [1.165, 1.54) is 12.1 Å². The molecule has 0 heterocycles. The second-order valence-corrected chi connectivity index (χ2v) is 6.15. The Morgan fingerprint density at radius 3 is 2.54 bits per heavy atom. The summed E-state index contributed by atoms with van der Waals surface area (Å²) in [5.74, 6) is 5.66. The van der Waals surface area contributed by atoms with Crippen LogP contribution in [0.2, 0.25) is 0 Å². The Bertz CT molecular complexity index is 767. The van der Waals surface area contributed by atoms with E-state index >= 15 is 0 Å². The topological polar surface area (TPSA) is 29.1 Å². The zero-order valence-corrected chi connectivity index (χ0v) is 13.5. The first-order valence-electron chi connectivity index (χ1n) is 8.29. The molecule has 2 aromatic rings. The smallest absolute Gasteiger partial charge is 0.231 e. The fourth-order valence-corrected chi connectivity index (χ4v) is 3.37. The molecule has 2 nitrogen and oxygen atoms in total. The van der Waals surface area contributed by atoms with Crippen LogP contribution in [0.5, 0.6) is 0 Å². The number of carbonyl (C=O) groups is 1. The van der Waals surface area contributed by atoms with Crippen molar-refractivity contribution in [3.63, 3.8) is 0 Å². The molecule has 0 aromatic heterocycles. The van der Waals surface area contributed by atoms with Crippen molar-refractivity contribution in [1.82, 2.24) is 5.32 Å². The fourth-order valence-electron chi connectivity index (χ4n) is 3.37. The van der Waals surface area contributed by atoms with E-state index in [2.05, 4.69) is 17.2 Å². The molecule has 0 bridgehead atoms. The molecule has 0 spiro atoms. The lowest BCUT2D eigenvalue weighted by Gasteiger charge is -2.28. The Kier molecular flexibility index (Phi) is 4.96. The summed E-state index contributed by atoms with van der Waals surface area (Å²) in [5, 5.41) is 2.92. The maximum atomic E-state index is 13.6. The Hall–Kier alpha value is -2.60. The van der Waals surface area contributed by atoms with Crippen LogP contribution in [-0.2, 0) is 10.2 Å². The molecule has 2 aromatic carbocycles. The summed E-state index contributed by atoms with van der Waals surface area (Å²) >= 11 is 0. The summed E-state index contributed by atoms with van der Waals surface area (Å²) in [5.41, 5.74) is 1.08. The number of carbonyl (C=O) groups excluding carboxylic acids is 1. The number of benzene rings is 2. The van der Waals surface area contributed by atoms with Crippen LogP contribution in [0.1, 0.15) is 36.8 Å². The Morgan fingerprint density at radius 2 is 1.83 bits per heavy atom. The monoisotopic (exact) mass is 321 g/mol. The third kappa shape index (κ3) is 3.49. The molecule has 1 aliphatic rings. The number of hydrogen-bond donors (Lipinski definition) is 1. The Balaban J connectivity index is 1.71. The average molecular weight is 321 g/mol. The molecule has 122 valence electrons. The predicted octanol–water partition coefficient (Wildman–Crippen LogP) is 3.81. The maximum Gasteiger partial charge on any atom is 0.231 e. The second kappa shape index (κ2) is 7.31. The summed E-state index contributed by atoms with van der Waals surface area (Å²) < 4.78 is 13.6.